The van der Waals surface area contributed by atoms with Gasteiger partial charge in [-0.15, -0.1) is 10.2 Å². The SMILES string of the molecule is NC(=O)Cn1nnc(-c2ccccc2NS(=O)(=O)c2ccc(Cl)cc2)n1. The predicted octanol–water partition coefficient (Wildman–Crippen LogP) is 1.28. The van der Waals surface area contributed by atoms with Crippen molar-refractivity contribution in [2.24, 2.45) is 5.73 Å². The van der Waals surface area contributed by atoms with Crippen LogP contribution in [0, 0.1) is 0 Å². The second-order valence-corrected chi connectivity index (χ2v) is 7.33. The molecule has 0 atom stereocenters. The number of nitrogens with two attached hydrogens (primary N) is 1. The van der Waals surface area contributed by atoms with Gasteiger partial charge in [0.25, 0.3) is 10.0 Å². The maximum atomic E-state index is 12.6. The molecule has 9 nitrogen and oxygen atoms in total. The molecule has 2 aromatic carbocycles. The number of carbonyl (C=O) groups excluding carboxylic acids is 1. The van der Waals surface area contributed by atoms with Crippen molar-refractivity contribution in [3.05, 3.63) is 53.6 Å². The maximum Gasteiger partial charge on any atom is 0.261 e. The molecular formula is C15H13ClN6O3S. The van der Waals surface area contributed by atoms with Gasteiger partial charge in [0.15, 0.2) is 0 Å². The molecule has 0 unspecified atom stereocenters. The molecule has 3 aromatic rings. The molecule has 0 radical (unpaired) electrons. The minimum atomic E-state index is -3.84. The van der Waals surface area contributed by atoms with Crippen LogP contribution in [0.25, 0.3) is 11.4 Å². The standard InChI is InChI=1S/C15H13ClN6O3S/c16-10-5-7-11(8-6-10)26(24,25)20-13-4-2-1-3-12(13)15-18-21-22(19-15)9-14(17)23/h1-8,20H,9H2,(H2,17,23). The molecule has 0 spiro atoms. The summed E-state index contributed by atoms with van der Waals surface area (Å²) in [5.74, 6) is -0.466. The van der Waals surface area contributed by atoms with Crippen LogP contribution in [0.15, 0.2) is 53.4 Å². The number of tetrazole rings is 1. The lowest BCUT2D eigenvalue weighted by Crippen LogP contribution is -2.20. The molecule has 1 aromatic heterocycles. The lowest BCUT2D eigenvalue weighted by atomic mass is 10.2. The van der Waals surface area contributed by atoms with Crippen LogP contribution >= 0.6 is 11.6 Å². The van der Waals surface area contributed by atoms with E-state index in [0.29, 0.717) is 10.6 Å². The summed E-state index contributed by atoms with van der Waals surface area (Å²) in [7, 11) is -3.84. The van der Waals surface area contributed by atoms with E-state index < -0.39 is 15.9 Å². The first-order valence-corrected chi connectivity index (χ1v) is 9.15. The van der Waals surface area contributed by atoms with Crippen LogP contribution in [0.3, 0.4) is 0 Å². The number of amides is 1. The summed E-state index contributed by atoms with van der Waals surface area (Å²) in [6.45, 7) is -0.230. The molecule has 3 N–H and O–H groups in total. The number of aromatic nitrogens is 4. The van der Waals surface area contributed by atoms with Crippen molar-refractivity contribution in [2.45, 2.75) is 11.4 Å². The lowest BCUT2D eigenvalue weighted by Gasteiger charge is -2.10. The Hall–Kier alpha value is -2.98. The van der Waals surface area contributed by atoms with Crippen LogP contribution in [0.5, 0.6) is 0 Å². The Labute approximate surface area is 153 Å². The van der Waals surface area contributed by atoms with E-state index in [4.69, 9.17) is 17.3 Å². The average molecular weight is 393 g/mol. The second kappa shape index (κ2) is 7.10. The van der Waals surface area contributed by atoms with Crippen molar-refractivity contribution in [1.82, 2.24) is 20.2 Å². The summed E-state index contributed by atoms with van der Waals surface area (Å²) in [6.07, 6.45) is 0. The number of hydrogen-bond acceptors (Lipinski definition) is 6. The van der Waals surface area contributed by atoms with Crippen molar-refractivity contribution in [1.29, 1.82) is 0 Å². The Kier molecular flexibility index (Phi) is 4.87. The van der Waals surface area contributed by atoms with Crippen LogP contribution in [-0.2, 0) is 21.4 Å². The van der Waals surface area contributed by atoms with Crippen LogP contribution in [-0.4, -0.2) is 34.5 Å². The van der Waals surface area contributed by atoms with E-state index in [-0.39, 0.29) is 23.0 Å². The third kappa shape index (κ3) is 3.98. The number of primary amides is 1. The van der Waals surface area contributed by atoms with Crippen LogP contribution in [0.1, 0.15) is 0 Å². The average Bonchev–Trinajstić information content (AvgIpc) is 3.03. The minimum Gasteiger partial charge on any atom is -0.368 e. The van der Waals surface area contributed by atoms with Crippen LogP contribution < -0.4 is 10.5 Å². The number of para-hydroxylation sites is 1. The Bertz CT molecular complexity index is 1050. The molecule has 0 aliphatic heterocycles. The highest BCUT2D eigenvalue weighted by Gasteiger charge is 2.18. The summed E-state index contributed by atoms with van der Waals surface area (Å²) in [6, 6.07) is 12.3. The Morgan fingerprint density at radius 2 is 1.85 bits per heavy atom. The second-order valence-electron chi connectivity index (χ2n) is 5.21. The van der Waals surface area contributed by atoms with Gasteiger partial charge in [0.2, 0.25) is 11.7 Å². The summed E-state index contributed by atoms with van der Waals surface area (Å²) in [4.78, 5) is 12.0. The number of benzene rings is 2. The summed E-state index contributed by atoms with van der Waals surface area (Å²) >= 11 is 5.79. The third-order valence-corrected chi connectivity index (χ3v) is 4.92. The van der Waals surface area contributed by atoms with E-state index in [1.54, 1.807) is 24.3 Å². The fourth-order valence-electron chi connectivity index (χ4n) is 2.14. The van der Waals surface area contributed by atoms with Crippen molar-refractivity contribution in [3.63, 3.8) is 0 Å². The predicted molar refractivity (Wildman–Crippen MR) is 94.7 cm³/mol. The Morgan fingerprint density at radius 3 is 2.54 bits per heavy atom. The van der Waals surface area contributed by atoms with Crippen molar-refractivity contribution in [3.8, 4) is 11.4 Å². The topological polar surface area (TPSA) is 133 Å². The normalized spacial score (nSPS) is 11.3. The van der Waals surface area contributed by atoms with Gasteiger partial charge in [-0.05, 0) is 41.6 Å². The molecular weight excluding hydrogens is 380 g/mol. The van der Waals surface area contributed by atoms with Gasteiger partial charge in [-0.2, -0.15) is 4.80 Å². The molecule has 0 aliphatic rings. The summed E-state index contributed by atoms with van der Waals surface area (Å²) < 4.78 is 27.6. The highest BCUT2D eigenvalue weighted by atomic mass is 35.5. The van der Waals surface area contributed by atoms with Crippen LogP contribution in [0.4, 0.5) is 5.69 Å². The molecule has 0 saturated carbocycles. The number of halogens is 1. The quantitative estimate of drug-likeness (QED) is 0.649. The number of sulfonamides is 1. The molecule has 0 fully saturated rings. The molecule has 3 rings (SSSR count). The fourth-order valence-corrected chi connectivity index (χ4v) is 3.35. The highest BCUT2D eigenvalue weighted by Crippen LogP contribution is 2.27. The first-order chi connectivity index (χ1) is 12.3. The molecule has 0 bridgehead atoms. The van der Waals surface area contributed by atoms with Gasteiger partial charge < -0.3 is 5.73 Å². The number of anilines is 1. The van der Waals surface area contributed by atoms with E-state index in [1.807, 2.05) is 0 Å². The van der Waals surface area contributed by atoms with Gasteiger partial charge in [0, 0.05) is 10.6 Å². The highest BCUT2D eigenvalue weighted by molar-refractivity contribution is 7.92. The van der Waals surface area contributed by atoms with Crippen molar-refractivity contribution < 1.29 is 13.2 Å². The van der Waals surface area contributed by atoms with Crippen LogP contribution in [0.2, 0.25) is 5.02 Å². The zero-order valence-corrected chi connectivity index (χ0v) is 14.8. The number of nitrogens with zero attached hydrogens (tertiary/aromatic N) is 4. The Balaban J connectivity index is 1.93. The molecule has 1 heterocycles. The van der Waals surface area contributed by atoms with Gasteiger partial charge in [0.05, 0.1) is 10.6 Å². The first-order valence-electron chi connectivity index (χ1n) is 7.29. The minimum absolute atomic E-state index is 0.0574. The van der Waals surface area contributed by atoms with Gasteiger partial charge in [-0.3, -0.25) is 9.52 Å². The molecule has 11 heteroatoms. The fraction of sp³-hybridized carbons (Fsp3) is 0.0667. The van der Waals surface area contributed by atoms with E-state index >= 15 is 0 Å². The molecule has 134 valence electrons. The van der Waals surface area contributed by atoms with Gasteiger partial charge >= 0.3 is 0 Å². The third-order valence-electron chi connectivity index (χ3n) is 3.29. The lowest BCUT2D eigenvalue weighted by molar-refractivity contribution is -0.118. The monoisotopic (exact) mass is 392 g/mol. The molecule has 26 heavy (non-hydrogen) atoms. The largest absolute Gasteiger partial charge is 0.368 e. The number of nitrogens with one attached hydrogen (secondary N) is 1. The van der Waals surface area contributed by atoms with Crippen molar-refractivity contribution in [2.75, 3.05) is 4.72 Å². The molecule has 0 saturated heterocycles. The zero-order valence-electron chi connectivity index (χ0n) is 13.2. The van der Waals surface area contributed by atoms with E-state index in [2.05, 4.69) is 20.1 Å². The summed E-state index contributed by atoms with van der Waals surface area (Å²) in [5.41, 5.74) is 5.76. The smallest absolute Gasteiger partial charge is 0.261 e. The number of carbonyl (C=O) groups is 1. The van der Waals surface area contributed by atoms with Gasteiger partial charge in [-0.25, -0.2) is 8.42 Å². The van der Waals surface area contributed by atoms with E-state index in [9.17, 15) is 13.2 Å². The van der Waals surface area contributed by atoms with E-state index in [1.165, 1.54) is 24.3 Å². The maximum absolute atomic E-state index is 12.6. The zero-order chi connectivity index (χ0) is 18.7. The van der Waals surface area contributed by atoms with Gasteiger partial charge in [-0.1, -0.05) is 23.7 Å². The van der Waals surface area contributed by atoms with E-state index in [0.717, 1.165) is 4.80 Å². The van der Waals surface area contributed by atoms with Crippen molar-refractivity contribution >= 4 is 33.2 Å². The molecule has 1 amide bonds. The molecule has 0 aliphatic carbocycles. The summed E-state index contributed by atoms with van der Waals surface area (Å²) in [5, 5.41) is 12.0. The first kappa shape index (κ1) is 17.8. The Morgan fingerprint density at radius 1 is 1.15 bits per heavy atom. The number of hydrogen-bond donors (Lipinski definition) is 2. The number of rotatable bonds is 6. The van der Waals surface area contributed by atoms with Gasteiger partial charge in [0.1, 0.15) is 6.54 Å².